The molecule has 0 saturated carbocycles. The predicted molar refractivity (Wildman–Crippen MR) is 230 cm³/mol. The van der Waals surface area contributed by atoms with Crippen LogP contribution in [0.5, 0.6) is 34.5 Å². The van der Waals surface area contributed by atoms with Gasteiger partial charge in [-0.05, 0) is 101 Å². The molecule has 0 N–H and O–H groups in total. The van der Waals surface area contributed by atoms with E-state index >= 15 is 0 Å². The molecular weight excluding hydrogens is 727 g/mol. The lowest BCUT2D eigenvalue weighted by Crippen LogP contribution is -2.61. The Morgan fingerprint density at radius 3 is 1.86 bits per heavy atom. The first-order valence-electron chi connectivity index (χ1n) is 20.4. The third kappa shape index (κ3) is 5.15. The number of benzene rings is 5. The highest BCUT2D eigenvalue weighted by Gasteiger charge is 2.49. The maximum Gasteiger partial charge on any atom is 0.297 e. The number of hydrogen-bond acceptors (Lipinski definition) is 9. The van der Waals surface area contributed by atoms with E-state index in [0.29, 0.717) is 39.6 Å². The first-order chi connectivity index (χ1) is 27.8. The van der Waals surface area contributed by atoms with Gasteiger partial charge in [0.1, 0.15) is 45.2 Å². The number of furan rings is 1. The van der Waals surface area contributed by atoms with Crippen molar-refractivity contribution in [2.45, 2.75) is 66.2 Å². The molecule has 294 valence electrons. The first-order valence-corrected chi connectivity index (χ1v) is 20.4. The third-order valence-corrected chi connectivity index (χ3v) is 12.3. The molecule has 0 fully saturated rings. The van der Waals surface area contributed by atoms with Crippen LogP contribution in [0.15, 0.2) is 71.1 Å². The summed E-state index contributed by atoms with van der Waals surface area (Å²) in [7, 11) is 0. The van der Waals surface area contributed by atoms with Crippen LogP contribution in [0.3, 0.4) is 0 Å². The Morgan fingerprint density at radius 1 is 0.534 bits per heavy atom. The van der Waals surface area contributed by atoms with E-state index in [9.17, 15) is 0 Å². The molecule has 0 radical (unpaired) electrons. The van der Waals surface area contributed by atoms with Crippen molar-refractivity contribution in [3.05, 3.63) is 89.0 Å². The molecule has 1 aromatic heterocycles. The molecule has 9 nitrogen and oxygen atoms in total. The van der Waals surface area contributed by atoms with E-state index in [0.717, 1.165) is 107 Å². The molecule has 6 aromatic rings. The normalized spacial score (nSPS) is 16.2. The summed E-state index contributed by atoms with van der Waals surface area (Å²) in [6.45, 7) is 20.7. The Kier molecular flexibility index (Phi) is 7.49. The van der Waals surface area contributed by atoms with Gasteiger partial charge in [0, 0.05) is 40.1 Å². The molecule has 5 aliphatic rings. The maximum absolute atomic E-state index is 7.24. The Hall–Kier alpha value is -5.90. The predicted octanol–water partition coefficient (Wildman–Crippen LogP) is 9.04. The molecule has 58 heavy (non-hydrogen) atoms. The van der Waals surface area contributed by atoms with Gasteiger partial charge in [0.15, 0.2) is 34.5 Å². The number of aryl methyl sites for hydroxylation is 1. The fourth-order valence-corrected chi connectivity index (χ4v) is 9.44. The molecule has 0 unspecified atom stereocenters. The molecule has 11 rings (SSSR count). The van der Waals surface area contributed by atoms with Crippen LogP contribution in [0.25, 0.3) is 11.0 Å². The summed E-state index contributed by atoms with van der Waals surface area (Å²) in [6, 6.07) is 24.2. The number of fused-ring (bicyclic) bond motifs is 9. The lowest BCUT2D eigenvalue weighted by Gasteiger charge is -2.44. The van der Waals surface area contributed by atoms with Gasteiger partial charge in [-0.25, -0.2) is 0 Å². The van der Waals surface area contributed by atoms with E-state index < -0.39 is 0 Å². The average Bonchev–Trinajstić information content (AvgIpc) is 3.58. The molecule has 0 saturated heterocycles. The van der Waals surface area contributed by atoms with Crippen LogP contribution in [0.1, 0.15) is 63.8 Å². The minimum absolute atomic E-state index is 0.0802. The summed E-state index contributed by atoms with van der Waals surface area (Å²) in [4.78, 5) is 4.83. The van der Waals surface area contributed by atoms with Crippen LogP contribution in [-0.2, 0) is 10.8 Å². The molecule has 5 aromatic carbocycles. The van der Waals surface area contributed by atoms with Crippen LogP contribution >= 0.6 is 0 Å². The van der Waals surface area contributed by atoms with E-state index in [4.69, 9.17) is 32.8 Å². The van der Waals surface area contributed by atoms with Crippen LogP contribution in [0.2, 0.25) is 0 Å². The minimum atomic E-state index is -0.270. The Morgan fingerprint density at radius 2 is 1.16 bits per heavy atom. The van der Waals surface area contributed by atoms with Gasteiger partial charge in [-0.1, -0.05) is 47.6 Å². The van der Waals surface area contributed by atoms with E-state index in [1.165, 1.54) is 11.1 Å². The number of hydrogen-bond donors (Lipinski definition) is 0. The second-order valence-corrected chi connectivity index (χ2v) is 18.1. The maximum atomic E-state index is 7.24. The second-order valence-electron chi connectivity index (χ2n) is 18.1. The quantitative estimate of drug-likeness (QED) is 0.160. The molecule has 5 aliphatic heterocycles. The van der Waals surface area contributed by atoms with Crippen molar-refractivity contribution in [3.63, 3.8) is 0 Å². The van der Waals surface area contributed by atoms with Gasteiger partial charge in [0.25, 0.3) is 6.71 Å². The Balaban J connectivity index is 1.29. The van der Waals surface area contributed by atoms with Crippen molar-refractivity contribution in [1.82, 2.24) is 0 Å². The van der Waals surface area contributed by atoms with Crippen molar-refractivity contribution in [2.75, 3.05) is 49.4 Å². The first kappa shape index (κ1) is 35.3. The van der Waals surface area contributed by atoms with Crippen LogP contribution in [0, 0.1) is 13.8 Å². The zero-order valence-electron chi connectivity index (χ0n) is 34.4. The summed E-state index contributed by atoms with van der Waals surface area (Å²) in [5.41, 5.74) is 14.4. The molecule has 0 spiro atoms. The molecule has 0 bridgehead atoms. The second kappa shape index (κ2) is 12.3. The van der Waals surface area contributed by atoms with Gasteiger partial charge < -0.3 is 42.6 Å². The molecule has 0 atom stereocenters. The zero-order chi connectivity index (χ0) is 39.8. The van der Waals surface area contributed by atoms with E-state index in [2.05, 4.69) is 126 Å². The van der Waals surface area contributed by atoms with E-state index in [1.807, 2.05) is 6.07 Å². The topological polar surface area (TPSA) is 75.0 Å². The van der Waals surface area contributed by atoms with E-state index in [-0.39, 0.29) is 17.5 Å². The summed E-state index contributed by atoms with van der Waals surface area (Å²) >= 11 is 0. The van der Waals surface area contributed by atoms with Crippen molar-refractivity contribution in [1.29, 1.82) is 0 Å². The highest BCUT2D eigenvalue weighted by Crippen LogP contribution is 2.53. The lowest BCUT2D eigenvalue weighted by atomic mass is 9.35. The monoisotopic (exact) mass is 774 g/mol. The van der Waals surface area contributed by atoms with Crippen molar-refractivity contribution in [3.8, 4) is 34.5 Å². The summed E-state index contributed by atoms with van der Waals surface area (Å²) in [5, 5.41) is 1.07. The highest BCUT2D eigenvalue weighted by atomic mass is 16.6. The fourth-order valence-electron chi connectivity index (χ4n) is 9.44. The van der Waals surface area contributed by atoms with Crippen molar-refractivity contribution < 1.29 is 32.8 Å². The smallest absolute Gasteiger partial charge is 0.297 e. The van der Waals surface area contributed by atoms with Crippen molar-refractivity contribution in [2.24, 2.45) is 0 Å². The molecule has 10 heteroatoms. The zero-order valence-corrected chi connectivity index (χ0v) is 34.4. The van der Waals surface area contributed by atoms with Gasteiger partial charge in [-0.2, -0.15) is 0 Å². The number of ether oxygens (including phenoxy) is 6. The fraction of sp³-hybridized carbons (Fsp3) is 0.333. The number of rotatable bonds is 2. The lowest BCUT2D eigenvalue weighted by molar-refractivity contribution is 0.170. The Bertz CT molecular complexity index is 2720. The molecule has 6 heterocycles. The van der Waals surface area contributed by atoms with Gasteiger partial charge in [-0.15, -0.1) is 0 Å². The summed E-state index contributed by atoms with van der Waals surface area (Å²) < 4.78 is 44.6. The standard InChI is InChI=1S/C48H47BN2O7/c1-26-19-41-45(57-18-17-56-41)27(2)43(26)51-35-22-29(48(6,7)8)21-34-42(35)49(46-44(51)31-20-28(47(3,4)5)9-11-36(31)58-46)32-24-39-40(55-16-15-54-39)25-33(32)50(34)30-10-12-37-38(23-30)53-14-13-52-37/h9-12,19-25H,13-18H2,1-8H3. The Labute approximate surface area is 339 Å². The number of nitrogens with zero attached hydrogens (tertiary/aromatic N) is 2. The van der Waals surface area contributed by atoms with Gasteiger partial charge >= 0.3 is 0 Å². The highest BCUT2D eigenvalue weighted by molar-refractivity contribution is 7.00. The van der Waals surface area contributed by atoms with Crippen molar-refractivity contribution >= 4 is 68.4 Å². The van der Waals surface area contributed by atoms with Gasteiger partial charge in [-0.3, -0.25) is 0 Å². The van der Waals surface area contributed by atoms with Crippen LogP contribution in [-0.4, -0.2) is 46.4 Å². The molecule has 0 aliphatic carbocycles. The summed E-state index contributed by atoms with van der Waals surface area (Å²) in [5.74, 6) is 4.49. The minimum Gasteiger partial charge on any atom is -0.486 e. The third-order valence-electron chi connectivity index (χ3n) is 12.3. The van der Waals surface area contributed by atoms with E-state index in [1.54, 1.807) is 0 Å². The molecule has 0 amide bonds. The summed E-state index contributed by atoms with van der Waals surface area (Å²) in [6.07, 6.45) is 0. The largest absolute Gasteiger partial charge is 0.486 e. The van der Waals surface area contributed by atoms with Crippen LogP contribution in [0.4, 0.5) is 34.1 Å². The SMILES string of the molecule is Cc1cc2c(c(C)c1N1c3cc(C(C)(C)C)cc4c3B(c3cc5c(cc3N4c3ccc4c(c3)OCCO4)OCCO5)c3oc4ccc(C(C)(C)C)cc4c31)OCCO2. The van der Waals surface area contributed by atoms with Gasteiger partial charge in [0.2, 0.25) is 0 Å². The number of anilines is 6. The molecular formula is C48H47BN2O7. The van der Waals surface area contributed by atoms with Crippen LogP contribution < -0.4 is 54.8 Å². The van der Waals surface area contributed by atoms with Gasteiger partial charge in [0.05, 0.1) is 22.7 Å². The average molecular weight is 775 g/mol.